The van der Waals surface area contributed by atoms with Crippen LogP contribution in [0.25, 0.3) is 6.08 Å². The van der Waals surface area contributed by atoms with E-state index in [2.05, 4.69) is 10.6 Å². The third-order valence-corrected chi connectivity index (χ3v) is 4.21. The Morgan fingerprint density at radius 1 is 1.10 bits per heavy atom. The maximum atomic E-state index is 12.6. The predicted molar refractivity (Wildman–Crippen MR) is 107 cm³/mol. The van der Waals surface area contributed by atoms with Gasteiger partial charge in [0, 0.05) is 12.5 Å². The van der Waals surface area contributed by atoms with Gasteiger partial charge in [0.05, 0.1) is 17.7 Å². The van der Waals surface area contributed by atoms with E-state index in [0.29, 0.717) is 11.3 Å². The Balaban J connectivity index is 2.20. The fourth-order valence-corrected chi connectivity index (χ4v) is 2.61. The van der Waals surface area contributed by atoms with Crippen molar-refractivity contribution in [2.24, 2.45) is 0 Å². The lowest BCUT2D eigenvalue weighted by Crippen LogP contribution is -2.35. The first-order valence-electron chi connectivity index (χ1n) is 8.80. The highest BCUT2D eigenvalue weighted by molar-refractivity contribution is 6.34. The molecule has 0 atom stereocenters. The van der Waals surface area contributed by atoms with Gasteiger partial charge in [-0.05, 0) is 48.7 Å². The number of amides is 2. The summed E-state index contributed by atoms with van der Waals surface area (Å²) in [7, 11) is 1.54. The van der Waals surface area contributed by atoms with E-state index in [1.54, 1.807) is 55.6 Å². The average Bonchev–Trinajstić information content (AvgIpc) is 2.71. The Labute approximate surface area is 173 Å². The minimum absolute atomic E-state index is 0.00598. The van der Waals surface area contributed by atoms with Gasteiger partial charge >= 0.3 is 0 Å². The molecule has 0 bridgehead atoms. The highest BCUT2D eigenvalue weighted by atomic mass is 35.5. The van der Waals surface area contributed by atoms with E-state index in [1.807, 2.05) is 0 Å². The van der Waals surface area contributed by atoms with Crippen molar-refractivity contribution in [1.29, 1.82) is 0 Å². The molecule has 2 rings (SSSR count). The van der Waals surface area contributed by atoms with Gasteiger partial charge in [0.2, 0.25) is 0 Å². The number of carbonyl (C=O) groups excluding carboxylic acids is 3. The number of hydrogen-bond acceptors (Lipinski definition) is 5. The molecule has 2 N–H and O–H groups in total. The molecule has 0 heterocycles. The van der Waals surface area contributed by atoms with Crippen molar-refractivity contribution in [2.45, 2.75) is 12.8 Å². The second-order valence-corrected chi connectivity index (χ2v) is 6.40. The van der Waals surface area contributed by atoms with E-state index in [9.17, 15) is 19.5 Å². The maximum absolute atomic E-state index is 12.6. The summed E-state index contributed by atoms with van der Waals surface area (Å²) in [4.78, 5) is 35.6. The molecule has 0 unspecified atom stereocenters. The minimum atomic E-state index is -1.19. The van der Waals surface area contributed by atoms with Crippen molar-refractivity contribution in [1.82, 2.24) is 10.6 Å². The summed E-state index contributed by atoms with van der Waals surface area (Å²) in [6.45, 7) is 0.120. The number of carbonyl (C=O) groups is 3. The summed E-state index contributed by atoms with van der Waals surface area (Å²) in [5, 5.41) is 15.9. The normalized spacial score (nSPS) is 10.9. The average molecular weight is 416 g/mol. The maximum Gasteiger partial charge on any atom is 0.267 e. The molecule has 0 spiro atoms. The molecule has 29 heavy (non-hydrogen) atoms. The molecule has 0 aliphatic heterocycles. The van der Waals surface area contributed by atoms with Gasteiger partial charge in [-0.15, -0.1) is 0 Å². The van der Waals surface area contributed by atoms with Crippen molar-refractivity contribution in [2.75, 3.05) is 13.7 Å². The van der Waals surface area contributed by atoms with Gasteiger partial charge in [-0.2, -0.15) is 0 Å². The molecule has 0 aliphatic rings. The van der Waals surface area contributed by atoms with Crippen molar-refractivity contribution in [3.63, 3.8) is 0 Å². The quantitative estimate of drug-likeness (QED) is 0.479. The number of ether oxygens (including phenoxy) is 1. The molecule has 0 saturated heterocycles. The van der Waals surface area contributed by atoms with Gasteiger partial charge in [0.1, 0.15) is 11.4 Å². The zero-order valence-electron chi connectivity index (χ0n) is 15.7. The molecular formula is C21H20ClN2O5-. The Hall–Kier alpha value is -3.32. The molecule has 0 radical (unpaired) electrons. The number of carboxylic acids is 1. The van der Waals surface area contributed by atoms with E-state index in [0.717, 1.165) is 0 Å². The molecule has 0 aromatic heterocycles. The Kier molecular flexibility index (Phi) is 8.24. The number of carboxylic acid groups (broad SMARTS) is 1. The summed E-state index contributed by atoms with van der Waals surface area (Å²) in [5.41, 5.74) is 0.873. The van der Waals surface area contributed by atoms with Crippen LogP contribution in [0.4, 0.5) is 0 Å². The molecule has 2 amide bonds. The predicted octanol–water partition coefficient (Wildman–Crippen LogP) is 1.77. The van der Waals surface area contributed by atoms with Crippen molar-refractivity contribution in [3.05, 3.63) is 70.4 Å². The van der Waals surface area contributed by atoms with Crippen LogP contribution in [-0.2, 0) is 9.59 Å². The number of halogens is 1. The van der Waals surface area contributed by atoms with Crippen LogP contribution in [0.15, 0.2) is 54.2 Å². The monoisotopic (exact) mass is 415 g/mol. The fraction of sp³-hybridized carbons (Fsp3) is 0.190. The van der Waals surface area contributed by atoms with Gasteiger partial charge in [-0.3, -0.25) is 9.59 Å². The van der Waals surface area contributed by atoms with Crippen LogP contribution in [0.2, 0.25) is 5.02 Å². The van der Waals surface area contributed by atoms with Gasteiger partial charge in [0.15, 0.2) is 0 Å². The van der Waals surface area contributed by atoms with E-state index in [4.69, 9.17) is 16.3 Å². The molecular weight excluding hydrogens is 396 g/mol. The Bertz CT molecular complexity index is 910. The van der Waals surface area contributed by atoms with Gasteiger partial charge in [-0.1, -0.05) is 35.9 Å². The summed E-state index contributed by atoms with van der Waals surface area (Å²) in [5.74, 6) is -1.64. The number of aliphatic carboxylic acids is 1. The van der Waals surface area contributed by atoms with Crippen LogP contribution >= 0.6 is 11.6 Å². The van der Waals surface area contributed by atoms with Crippen LogP contribution < -0.4 is 20.5 Å². The third-order valence-electron chi connectivity index (χ3n) is 3.88. The number of hydrogen-bond donors (Lipinski definition) is 2. The number of methoxy groups -OCH3 is 1. The van der Waals surface area contributed by atoms with Crippen molar-refractivity contribution in [3.8, 4) is 5.75 Å². The molecule has 2 aromatic rings. The molecule has 7 nitrogen and oxygen atoms in total. The highest BCUT2D eigenvalue weighted by Crippen LogP contribution is 2.16. The summed E-state index contributed by atoms with van der Waals surface area (Å²) in [6, 6.07) is 13.4. The topological polar surface area (TPSA) is 108 Å². The summed E-state index contributed by atoms with van der Waals surface area (Å²) < 4.78 is 5.10. The molecule has 8 heteroatoms. The van der Waals surface area contributed by atoms with Gasteiger partial charge in [0.25, 0.3) is 11.8 Å². The summed E-state index contributed by atoms with van der Waals surface area (Å²) >= 11 is 6.05. The first-order valence-corrected chi connectivity index (χ1v) is 9.18. The first-order chi connectivity index (χ1) is 13.9. The van der Waals surface area contributed by atoms with Gasteiger partial charge < -0.3 is 25.3 Å². The van der Waals surface area contributed by atoms with E-state index >= 15 is 0 Å². The summed E-state index contributed by atoms with van der Waals surface area (Å²) in [6.07, 6.45) is 1.54. The van der Waals surface area contributed by atoms with Crippen LogP contribution in [0.5, 0.6) is 5.75 Å². The second kappa shape index (κ2) is 10.9. The zero-order chi connectivity index (χ0) is 21.2. The lowest BCUT2D eigenvalue weighted by atomic mass is 10.1. The molecule has 2 aromatic carbocycles. The zero-order valence-corrected chi connectivity index (χ0v) is 16.5. The fourth-order valence-electron chi connectivity index (χ4n) is 2.39. The number of nitrogens with one attached hydrogen (secondary N) is 2. The van der Waals surface area contributed by atoms with E-state index in [1.165, 1.54) is 6.08 Å². The van der Waals surface area contributed by atoms with E-state index in [-0.39, 0.29) is 35.7 Å². The first kappa shape index (κ1) is 22.0. The highest BCUT2D eigenvalue weighted by Gasteiger charge is 2.16. The van der Waals surface area contributed by atoms with Crippen LogP contribution in [-0.4, -0.2) is 31.4 Å². The SMILES string of the molecule is COc1ccc(/C=C(\NC(=O)c2ccccc2Cl)C(=O)NCCCC(=O)[O-])cc1. The standard InChI is InChI=1S/C21H21ClN2O5/c1-29-15-10-8-14(9-11-15)13-18(21(28)23-12-4-7-19(25)26)24-20(27)16-5-2-3-6-17(16)22/h2-3,5-6,8-11,13H,4,7,12H2,1H3,(H,23,28)(H,24,27)(H,25,26)/p-1/b18-13-. The lowest BCUT2D eigenvalue weighted by molar-refractivity contribution is -0.305. The molecule has 0 aliphatic carbocycles. The van der Waals surface area contributed by atoms with Crippen molar-refractivity contribution >= 4 is 35.5 Å². The lowest BCUT2D eigenvalue weighted by Gasteiger charge is -2.12. The van der Waals surface area contributed by atoms with E-state index < -0.39 is 17.8 Å². The molecule has 0 saturated carbocycles. The minimum Gasteiger partial charge on any atom is -0.550 e. The number of rotatable bonds is 9. The second-order valence-electron chi connectivity index (χ2n) is 6.00. The molecule has 152 valence electrons. The van der Waals surface area contributed by atoms with Crippen LogP contribution in [0.3, 0.4) is 0 Å². The Morgan fingerprint density at radius 2 is 1.79 bits per heavy atom. The Morgan fingerprint density at radius 3 is 2.41 bits per heavy atom. The van der Waals surface area contributed by atoms with Crippen molar-refractivity contribution < 1.29 is 24.2 Å². The van der Waals surface area contributed by atoms with Gasteiger partial charge in [-0.25, -0.2) is 0 Å². The van der Waals surface area contributed by atoms with Crippen LogP contribution in [0.1, 0.15) is 28.8 Å². The smallest absolute Gasteiger partial charge is 0.267 e. The number of benzene rings is 2. The third kappa shape index (κ3) is 6.97. The molecule has 0 fully saturated rings. The van der Waals surface area contributed by atoms with Crippen LogP contribution in [0, 0.1) is 0 Å². The largest absolute Gasteiger partial charge is 0.550 e.